The minimum atomic E-state index is -0.335. The fraction of sp³-hybridized carbons (Fsp3) is 0.500. The van der Waals surface area contributed by atoms with Crippen molar-refractivity contribution in [2.24, 2.45) is 11.7 Å². The highest BCUT2D eigenvalue weighted by Crippen LogP contribution is 2.12. The zero-order valence-corrected chi connectivity index (χ0v) is 8.80. The second-order valence-electron chi connectivity index (χ2n) is 3.45. The first-order valence-electron chi connectivity index (χ1n) is 4.43. The van der Waals surface area contributed by atoms with Crippen LogP contribution in [0.15, 0.2) is 17.5 Å². The van der Waals surface area contributed by atoms with Crippen molar-refractivity contribution in [3.05, 3.63) is 22.4 Å². The fourth-order valence-electron chi connectivity index (χ4n) is 1.17. The molecule has 2 N–H and O–H groups in total. The summed E-state index contributed by atoms with van der Waals surface area (Å²) >= 11 is 1.65. The Morgan fingerprint density at radius 2 is 2.31 bits per heavy atom. The van der Waals surface area contributed by atoms with E-state index in [1.54, 1.807) is 11.3 Å². The van der Waals surface area contributed by atoms with Crippen LogP contribution in [-0.2, 0) is 11.2 Å². The normalized spacial score (nSPS) is 13.2. The average Bonchev–Trinajstić information content (AvgIpc) is 2.55. The Balaban J connectivity index is 2.51. The average molecular weight is 197 g/mol. The van der Waals surface area contributed by atoms with Crippen molar-refractivity contribution in [2.75, 3.05) is 0 Å². The minimum Gasteiger partial charge on any atom is -0.321 e. The minimum absolute atomic E-state index is 0.0370. The molecular formula is C10H15NOS. The molecule has 0 aromatic carbocycles. The van der Waals surface area contributed by atoms with Crippen molar-refractivity contribution in [2.45, 2.75) is 26.3 Å². The summed E-state index contributed by atoms with van der Waals surface area (Å²) in [6, 6.07) is 3.66. The van der Waals surface area contributed by atoms with Crippen LogP contribution in [0.2, 0.25) is 0 Å². The molecule has 72 valence electrons. The van der Waals surface area contributed by atoms with Crippen molar-refractivity contribution in [1.29, 1.82) is 0 Å². The van der Waals surface area contributed by atoms with Crippen molar-refractivity contribution in [1.82, 2.24) is 0 Å². The maximum Gasteiger partial charge on any atom is 0.152 e. The van der Waals surface area contributed by atoms with Crippen LogP contribution in [0.3, 0.4) is 0 Å². The third-order valence-electron chi connectivity index (χ3n) is 1.94. The molecule has 2 nitrogen and oxygen atoms in total. The molecule has 0 aliphatic rings. The largest absolute Gasteiger partial charge is 0.321 e. The van der Waals surface area contributed by atoms with Crippen molar-refractivity contribution < 1.29 is 4.79 Å². The summed E-state index contributed by atoms with van der Waals surface area (Å²) in [7, 11) is 0. The topological polar surface area (TPSA) is 43.1 Å². The quantitative estimate of drug-likeness (QED) is 0.800. The van der Waals surface area contributed by atoms with E-state index in [9.17, 15) is 4.79 Å². The number of rotatable bonds is 4. The molecule has 0 unspecified atom stereocenters. The highest BCUT2D eigenvalue weighted by molar-refractivity contribution is 7.09. The van der Waals surface area contributed by atoms with E-state index >= 15 is 0 Å². The van der Waals surface area contributed by atoms with E-state index in [0.29, 0.717) is 6.42 Å². The summed E-state index contributed by atoms with van der Waals surface area (Å²) in [6.07, 6.45) is 0.675. The van der Waals surface area contributed by atoms with Gasteiger partial charge in [0.05, 0.1) is 6.04 Å². The molecule has 3 heteroatoms. The van der Waals surface area contributed by atoms with Gasteiger partial charge in [-0.2, -0.15) is 0 Å². The number of hydrogen-bond donors (Lipinski definition) is 1. The summed E-state index contributed by atoms with van der Waals surface area (Å²) in [6.45, 7) is 3.77. The summed E-state index contributed by atoms with van der Waals surface area (Å²) in [5, 5.41) is 2.00. The molecule has 1 aromatic heterocycles. The Morgan fingerprint density at radius 3 is 2.77 bits per heavy atom. The molecule has 0 radical (unpaired) electrons. The van der Waals surface area contributed by atoms with Crippen LogP contribution >= 0.6 is 11.3 Å². The van der Waals surface area contributed by atoms with Gasteiger partial charge < -0.3 is 5.73 Å². The maximum absolute atomic E-state index is 11.4. The number of Topliss-reactive ketones (excluding diaryl/α,β-unsaturated/α-hetero) is 1. The van der Waals surface area contributed by atoms with Gasteiger partial charge in [-0.05, 0) is 11.4 Å². The van der Waals surface area contributed by atoms with E-state index < -0.39 is 0 Å². The molecule has 0 spiro atoms. The van der Waals surface area contributed by atoms with Gasteiger partial charge in [-0.15, -0.1) is 11.3 Å². The van der Waals surface area contributed by atoms with Crippen LogP contribution in [0.5, 0.6) is 0 Å². The van der Waals surface area contributed by atoms with Crippen LogP contribution in [0.4, 0.5) is 0 Å². The van der Waals surface area contributed by atoms with Gasteiger partial charge >= 0.3 is 0 Å². The molecule has 0 saturated carbocycles. The van der Waals surface area contributed by atoms with Crippen molar-refractivity contribution in [3.8, 4) is 0 Å². The van der Waals surface area contributed by atoms with E-state index in [-0.39, 0.29) is 17.7 Å². The lowest BCUT2D eigenvalue weighted by Crippen LogP contribution is -2.35. The van der Waals surface area contributed by atoms with Gasteiger partial charge in [-0.1, -0.05) is 19.9 Å². The Labute approximate surface area is 82.8 Å². The van der Waals surface area contributed by atoms with Gasteiger partial charge in [-0.25, -0.2) is 0 Å². The van der Waals surface area contributed by atoms with E-state index in [4.69, 9.17) is 5.73 Å². The summed E-state index contributed by atoms with van der Waals surface area (Å²) < 4.78 is 0. The lowest BCUT2D eigenvalue weighted by Gasteiger charge is -2.11. The monoisotopic (exact) mass is 197 g/mol. The number of carbonyl (C=O) groups excluding carboxylic acids is 1. The summed E-state index contributed by atoms with van der Waals surface area (Å²) in [5.74, 6) is 0.184. The molecule has 0 saturated heterocycles. The number of nitrogens with two attached hydrogens (primary N) is 1. The molecule has 0 aliphatic heterocycles. The van der Waals surface area contributed by atoms with Crippen molar-refractivity contribution in [3.63, 3.8) is 0 Å². The highest BCUT2D eigenvalue weighted by Gasteiger charge is 2.17. The lowest BCUT2D eigenvalue weighted by atomic mass is 10.00. The Kier molecular flexibility index (Phi) is 3.63. The lowest BCUT2D eigenvalue weighted by molar-refractivity contribution is -0.123. The van der Waals surface area contributed by atoms with Gasteiger partial charge in [0, 0.05) is 17.2 Å². The van der Waals surface area contributed by atoms with Gasteiger partial charge in [0.15, 0.2) is 5.78 Å². The van der Waals surface area contributed by atoms with Gasteiger partial charge in [0.2, 0.25) is 0 Å². The first-order chi connectivity index (χ1) is 6.11. The first kappa shape index (κ1) is 10.4. The Bertz CT molecular complexity index is 266. The van der Waals surface area contributed by atoms with Crippen molar-refractivity contribution >= 4 is 17.1 Å². The molecule has 1 rings (SSSR count). The van der Waals surface area contributed by atoms with Crippen LogP contribution in [0, 0.1) is 5.92 Å². The van der Waals surface area contributed by atoms with Gasteiger partial charge in [0.1, 0.15) is 0 Å². The molecule has 1 heterocycles. The zero-order valence-electron chi connectivity index (χ0n) is 7.99. The second kappa shape index (κ2) is 4.53. The number of hydrogen-bond acceptors (Lipinski definition) is 3. The van der Waals surface area contributed by atoms with Crippen LogP contribution in [0.25, 0.3) is 0 Å². The SMILES string of the molecule is CC(C)C(=O)[C@H](N)Cc1cccs1. The smallest absolute Gasteiger partial charge is 0.152 e. The summed E-state index contributed by atoms with van der Waals surface area (Å²) in [5.41, 5.74) is 5.77. The van der Waals surface area contributed by atoms with E-state index in [1.165, 1.54) is 4.88 Å². The molecular weight excluding hydrogens is 182 g/mol. The van der Waals surface area contributed by atoms with E-state index in [1.807, 2.05) is 31.4 Å². The summed E-state index contributed by atoms with van der Waals surface area (Å²) in [4.78, 5) is 12.6. The predicted octanol–water partition coefficient (Wildman–Crippen LogP) is 1.84. The molecule has 0 fully saturated rings. The van der Waals surface area contributed by atoms with E-state index in [0.717, 1.165) is 0 Å². The molecule has 0 amide bonds. The van der Waals surface area contributed by atoms with Gasteiger partial charge in [0.25, 0.3) is 0 Å². The first-order valence-corrected chi connectivity index (χ1v) is 5.31. The third kappa shape index (κ3) is 2.94. The number of ketones is 1. The van der Waals surface area contributed by atoms with Crippen LogP contribution in [0.1, 0.15) is 18.7 Å². The molecule has 0 bridgehead atoms. The second-order valence-corrected chi connectivity index (χ2v) is 4.48. The molecule has 1 atom stereocenters. The predicted molar refractivity (Wildman–Crippen MR) is 55.8 cm³/mol. The van der Waals surface area contributed by atoms with Crippen LogP contribution < -0.4 is 5.73 Å². The maximum atomic E-state index is 11.4. The standard InChI is InChI=1S/C10H15NOS/c1-7(2)10(12)9(11)6-8-4-3-5-13-8/h3-5,7,9H,6,11H2,1-2H3/t9-/m1/s1. The number of thiophene rings is 1. The van der Waals surface area contributed by atoms with E-state index in [2.05, 4.69) is 0 Å². The Hall–Kier alpha value is -0.670. The molecule has 0 aliphatic carbocycles. The third-order valence-corrected chi connectivity index (χ3v) is 2.83. The van der Waals surface area contributed by atoms with Crippen LogP contribution in [-0.4, -0.2) is 11.8 Å². The fourth-order valence-corrected chi connectivity index (χ4v) is 1.94. The zero-order chi connectivity index (χ0) is 9.84. The Morgan fingerprint density at radius 1 is 1.62 bits per heavy atom. The number of carbonyl (C=O) groups is 1. The van der Waals surface area contributed by atoms with Gasteiger partial charge in [-0.3, -0.25) is 4.79 Å². The molecule has 13 heavy (non-hydrogen) atoms. The molecule has 1 aromatic rings. The highest BCUT2D eigenvalue weighted by atomic mass is 32.1.